The molecule has 1 fully saturated rings. The highest BCUT2D eigenvalue weighted by atomic mass is 15.1. The Morgan fingerprint density at radius 2 is 1.89 bits per heavy atom. The van der Waals surface area contributed by atoms with Crippen molar-refractivity contribution < 1.29 is 0 Å². The Kier molecular flexibility index (Phi) is 5.43. The van der Waals surface area contributed by atoms with Gasteiger partial charge in [0, 0.05) is 18.7 Å². The van der Waals surface area contributed by atoms with E-state index in [0.717, 1.165) is 24.0 Å². The third kappa shape index (κ3) is 4.69. The van der Waals surface area contributed by atoms with Crippen LogP contribution >= 0.6 is 0 Å². The van der Waals surface area contributed by atoms with Crippen molar-refractivity contribution in [3.63, 3.8) is 0 Å². The van der Waals surface area contributed by atoms with Gasteiger partial charge in [-0.3, -0.25) is 0 Å². The van der Waals surface area contributed by atoms with Crippen LogP contribution in [-0.2, 0) is 0 Å². The van der Waals surface area contributed by atoms with E-state index >= 15 is 0 Å². The van der Waals surface area contributed by atoms with Crippen LogP contribution < -0.4 is 10.6 Å². The van der Waals surface area contributed by atoms with E-state index in [1.54, 1.807) is 0 Å². The average molecular weight is 262 g/mol. The molecule has 0 aromatic carbocycles. The maximum Gasteiger partial charge on any atom is 0.132 e. The fourth-order valence-electron chi connectivity index (χ4n) is 2.60. The van der Waals surface area contributed by atoms with Gasteiger partial charge in [0.25, 0.3) is 0 Å². The molecule has 106 valence electrons. The van der Waals surface area contributed by atoms with Gasteiger partial charge >= 0.3 is 0 Å². The normalized spacial score (nSPS) is 15.7. The molecule has 0 radical (unpaired) electrons. The van der Waals surface area contributed by atoms with E-state index in [9.17, 15) is 0 Å². The van der Waals surface area contributed by atoms with Crippen LogP contribution in [0, 0.1) is 6.92 Å². The molecular weight excluding hydrogens is 236 g/mol. The van der Waals surface area contributed by atoms with Gasteiger partial charge in [-0.15, -0.1) is 0 Å². The van der Waals surface area contributed by atoms with Crippen LogP contribution in [0.3, 0.4) is 0 Å². The van der Waals surface area contributed by atoms with Crippen LogP contribution in [0.5, 0.6) is 0 Å². The molecule has 0 spiro atoms. The fourth-order valence-corrected chi connectivity index (χ4v) is 2.60. The highest BCUT2D eigenvalue weighted by molar-refractivity contribution is 5.48. The SMILES string of the molecule is CCCCCNc1cc(NC2CCCC2)nc(C)n1. The summed E-state index contributed by atoms with van der Waals surface area (Å²) in [4.78, 5) is 8.92. The first kappa shape index (κ1) is 14.1. The zero-order chi connectivity index (χ0) is 13.5. The first-order valence-corrected chi connectivity index (χ1v) is 7.64. The second kappa shape index (κ2) is 7.31. The monoisotopic (exact) mass is 262 g/mol. The molecule has 2 N–H and O–H groups in total. The zero-order valence-electron chi connectivity index (χ0n) is 12.2. The summed E-state index contributed by atoms with van der Waals surface area (Å²) in [5.74, 6) is 2.75. The molecule has 1 aromatic rings. The van der Waals surface area contributed by atoms with E-state index in [1.807, 2.05) is 13.0 Å². The summed E-state index contributed by atoms with van der Waals surface area (Å²) in [6.45, 7) is 5.17. The topological polar surface area (TPSA) is 49.8 Å². The summed E-state index contributed by atoms with van der Waals surface area (Å²) in [5.41, 5.74) is 0. The molecule has 0 atom stereocenters. The number of anilines is 2. The van der Waals surface area contributed by atoms with E-state index in [1.165, 1.54) is 44.9 Å². The number of unbranched alkanes of at least 4 members (excludes halogenated alkanes) is 2. The van der Waals surface area contributed by atoms with Crippen molar-refractivity contribution in [2.75, 3.05) is 17.2 Å². The highest BCUT2D eigenvalue weighted by Gasteiger charge is 2.15. The molecule has 1 aliphatic rings. The zero-order valence-corrected chi connectivity index (χ0v) is 12.2. The van der Waals surface area contributed by atoms with E-state index in [2.05, 4.69) is 27.5 Å². The number of nitrogens with one attached hydrogen (secondary N) is 2. The average Bonchev–Trinajstić information content (AvgIpc) is 2.87. The van der Waals surface area contributed by atoms with Crippen molar-refractivity contribution >= 4 is 11.6 Å². The van der Waals surface area contributed by atoms with Crippen molar-refractivity contribution in [1.82, 2.24) is 9.97 Å². The molecule has 0 saturated heterocycles. The maximum atomic E-state index is 4.48. The minimum Gasteiger partial charge on any atom is -0.370 e. The Hall–Kier alpha value is -1.32. The predicted molar refractivity (Wildman–Crippen MR) is 80.7 cm³/mol. The third-order valence-corrected chi connectivity index (χ3v) is 3.63. The molecule has 0 bridgehead atoms. The maximum absolute atomic E-state index is 4.48. The molecule has 0 aliphatic heterocycles. The van der Waals surface area contributed by atoms with E-state index in [-0.39, 0.29) is 0 Å². The van der Waals surface area contributed by atoms with Crippen LogP contribution in [0.25, 0.3) is 0 Å². The van der Waals surface area contributed by atoms with Crippen molar-refractivity contribution in [2.45, 2.75) is 64.8 Å². The molecule has 2 rings (SSSR count). The minimum absolute atomic E-state index is 0.599. The summed E-state index contributed by atoms with van der Waals surface area (Å²) in [6, 6.07) is 2.64. The van der Waals surface area contributed by atoms with Gasteiger partial charge in [-0.25, -0.2) is 9.97 Å². The Morgan fingerprint density at radius 1 is 1.16 bits per heavy atom. The van der Waals surface area contributed by atoms with Gasteiger partial charge in [-0.05, 0) is 26.2 Å². The third-order valence-electron chi connectivity index (χ3n) is 3.63. The summed E-state index contributed by atoms with van der Waals surface area (Å²) >= 11 is 0. The van der Waals surface area contributed by atoms with Gasteiger partial charge in [-0.1, -0.05) is 32.6 Å². The molecule has 1 saturated carbocycles. The number of hydrogen-bond donors (Lipinski definition) is 2. The first-order chi connectivity index (χ1) is 9.28. The fraction of sp³-hybridized carbons (Fsp3) is 0.733. The first-order valence-electron chi connectivity index (χ1n) is 7.64. The van der Waals surface area contributed by atoms with E-state index < -0.39 is 0 Å². The molecular formula is C15H26N4. The summed E-state index contributed by atoms with van der Waals surface area (Å²) in [7, 11) is 0. The van der Waals surface area contributed by atoms with Crippen LogP contribution in [0.15, 0.2) is 6.07 Å². The van der Waals surface area contributed by atoms with Crippen molar-refractivity contribution in [2.24, 2.45) is 0 Å². The molecule has 4 heteroatoms. The lowest BCUT2D eigenvalue weighted by Crippen LogP contribution is -2.16. The summed E-state index contributed by atoms with van der Waals surface area (Å²) in [5, 5.41) is 6.93. The second-order valence-electron chi connectivity index (χ2n) is 5.45. The highest BCUT2D eigenvalue weighted by Crippen LogP contribution is 2.22. The number of aryl methyl sites for hydroxylation is 1. The summed E-state index contributed by atoms with van der Waals surface area (Å²) in [6.07, 6.45) is 8.92. The molecule has 1 heterocycles. The van der Waals surface area contributed by atoms with Crippen LogP contribution in [0.2, 0.25) is 0 Å². The lowest BCUT2D eigenvalue weighted by atomic mass is 10.2. The molecule has 0 unspecified atom stereocenters. The molecule has 1 aliphatic carbocycles. The van der Waals surface area contributed by atoms with Gasteiger partial charge in [-0.2, -0.15) is 0 Å². The van der Waals surface area contributed by atoms with Crippen molar-refractivity contribution in [3.05, 3.63) is 11.9 Å². The Labute approximate surface area is 116 Å². The van der Waals surface area contributed by atoms with Gasteiger partial charge < -0.3 is 10.6 Å². The minimum atomic E-state index is 0.599. The largest absolute Gasteiger partial charge is 0.370 e. The quantitative estimate of drug-likeness (QED) is 0.735. The Balaban J connectivity index is 1.90. The van der Waals surface area contributed by atoms with Gasteiger partial charge in [0.1, 0.15) is 17.5 Å². The van der Waals surface area contributed by atoms with E-state index in [4.69, 9.17) is 0 Å². The summed E-state index contributed by atoms with van der Waals surface area (Å²) < 4.78 is 0. The van der Waals surface area contributed by atoms with Gasteiger partial charge in [0.05, 0.1) is 0 Å². The number of rotatable bonds is 7. The number of aromatic nitrogens is 2. The lowest BCUT2D eigenvalue weighted by molar-refractivity contribution is 0.739. The van der Waals surface area contributed by atoms with Crippen LogP contribution in [0.1, 0.15) is 57.7 Å². The second-order valence-corrected chi connectivity index (χ2v) is 5.45. The number of nitrogens with zero attached hydrogens (tertiary/aromatic N) is 2. The van der Waals surface area contributed by atoms with Crippen LogP contribution in [0.4, 0.5) is 11.6 Å². The van der Waals surface area contributed by atoms with Crippen LogP contribution in [-0.4, -0.2) is 22.6 Å². The lowest BCUT2D eigenvalue weighted by Gasteiger charge is -2.14. The van der Waals surface area contributed by atoms with Gasteiger partial charge in [0.2, 0.25) is 0 Å². The predicted octanol–water partition coefficient (Wildman–Crippen LogP) is 3.74. The number of hydrogen-bond acceptors (Lipinski definition) is 4. The van der Waals surface area contributed by atoms with Crippen molar-refractivity contribution in [3.8, 4) is 0 Å². The molecule has 0 amide bonds. The Bertz CT molecular complexity index is 386. The molecule has 1 aromatic heterocycles. The standard InChI is InChI=1S/C15H26N4/c1-3-4-7-10-16-14-11-15(18-12(2)17-14)19-13-8-5-6-9-13/h11,13H,3-10H2,1-2H3,(H2,16,17,18,19). The van der Waals surface area contributed by atoms with Crippen molar-refractivity contribution in [1.29, 1.82) is 0 Å². The van der Waals surface area contributed by atoms with E-state index in [0.29, 0.717) is 6.04 Å². The molecule has 4 nitrogen and oxygen atoms in total. The molecule has 19 heavy (non-hydrogen) atoms. The smallest absolute Gasteiger partial charge is 0.132 e. The van der Waals surface area contributed by atoms with Gasteiger partial charge in [0.15, 0.2) is 0 Å². The Morgan fingerprint density at radius 3 is 2.63 bits per heavy atom.